The van der Waals surface area contributed by atoms with Gasteiger partial charge in [-0.25, -0.2) is 0 Å². The van der Waals surface area contributed by atoms with Gasteiger partial charge in [-0.05, 0) is 84.0 Å². The maximum atomic E-state index is 12.2. The number of nitrogens with one attached hydrogen (secondary N) is 2. The number of anilines is 1. The summed E-state index contributed by atoms with van der Waals surface area (Å²) in [5.74, 6) is 1.73. The molecule has 1 aromatic rings. The zero-order valence-electron chi connectivity index (χ0n) is 19.0. The van der Waals surface area contributed by atoms with Gasteiger partial charge in [-0.15, -0.1) is 0 Å². The Labute approximate surface area is 182 Å². The standard InChI is InChI=1S/C24H39N5O/c1-24(2,3)27-22(30)19-28-16-12-20(13-17-28)18-25-23(29-14-8-5-9-15-29)26-21-10-6-4-7-11-21/h4,6-7,10-11,20H,5,8-9,12-19H2,1-3H3,(H,25,26)(H,27,30). The zero-order chi connectivity index (χ0) is 21.4. The first kappa shape index (κ1) is 22.6. The second-order valence-corrected chi connectivity index (χ2v) is 9.72. The van der Waals surface area contributed by atoms with E-state index in [-0.39, 0.29) is 11.4 Å². The summed E-state index contributed by atoms with van der Waals surface area (Å²) in [6.45, 7) is 11.6. The number of hydrogen-bond donors (Lipinski definition) is 2. The summed E-state index contributed by atoms with van der Waals surface area (Å²) in [7, 11) is 0. The van der Waals surface area contributed by atoms with Crippen LogP contribution in [0, 0.1) is 5.92 Å². The van der Waals surface area contributed by atoms with E-state index in [4.69, 9.17) is 4.99 Å². The topological polar surface area (TPSA) is 60.0 Å². The molecule has 2 saturated heterocycles. The van der Waals surface area contributed by atoms with Crippen molar-refractivity contribution in [2.45, 2.75) is 58.4 Å². The van der Waals surface area contributed by atoms with Crippen molar-refractivity contribution in [1.29, 1.82) is 0 Å². The van der Waals surface area contributed by atoms with Gasteiger partial charge in [0.05, 0.1) is 6.54 Å². The number of piperidine rings is 2. The Morgan fingerprint density at radius 2 is 1.70 bits per heavy atom. The van der Waals surface area contributed by atoms with Crippen LogP contribution >= 0.6 is 0 Å². The number of rotatable bonds is 5. The fraction of sp³-hybridized carbons (Fsp3) is 0.667. The zero-order valence-corrected chi connectivity index (χ0v) is 19.0. The summed E-state index contributed by atoms with van der Waals surface area (Å²) in [4.78, 5) is 21.9. The van der Waals surface area contributed by atoms with Crippen molar-refractivity contribution in [2.24, 2.45) is 10.9 Å². The number of aliphatic imine (C=N–C) groups is 1. The molecule has 6 nitrogen and oxygen atoms in total. The van der Waals surface area contributed by atoms with Crippen molar-refractivity contribution in [1.82, 2.24) is 15.1 Å². The normalized spacial score (nSPS) is 19.6. The van der Waals surface area contributed by atoms with Crippen molar-refractivity contribution >= 4 is 17.6 Å². The average Bonchev–Trinajstić information content (AvgIpc) is 2.72. The fourth-order valence-electron chi connectivity index (χ4n) is 4.18. The van der Waals surface area contributed by atoms with Crippen molar-refractivity contribution in [3.05, 3.63) is 30.3 Å². The lowest BCUT2D eigenvalue weighted by Gasteiger charge is -2.33. The lowest BCUT2D eigenvalue weighted by Crippen LogP contribution is -2.47. The first-order chi connectivity index (χ1) is 14.4. The third-order valence-electron chi connectivity index (χ3n) is 5.77. The van der Waals surface area contributed by atoms with Crippen molar-refractivity contribution < 1.29 is 4.79 Å². The van der Waals surface area contributed by atoms with Gasteiger partial charge < -0.3 is 15.5 Å². The molecule has 2 fully saturated rings. The van der Waals surface area contributed by atoms with Gasteiger partial charge in [-0.3, -0.25) is 14.7 Å². The van der Waals surface area contributed by atoms with E-state index in [0.717, 1.165) is 57.2 Å². The number of guanidine groups is 1. The van der Waals surface area contributed by atoms with Crippen LogP contribution in [-0.4, -0.2) is 66.5 Å². The molecule has 2 heterocycles. The highest BCUT2D eigenvalue weighted by molar-refractivity contribution is 5.93. The SMILES string of the molecule is CC(C)(C)NC(=O)CN1CCC(CN=C(Nc2ccccc2)N2CCCCC2)CC1. The van der Waals surface area contributed by atoms with E-state index in [1.165, 1.54) is 19.3 Å². The predicted molar refractivity (Wildman–Crippen MR) is 125 cm³/mol. The summed E-state index contributed by atoms with van der Waals surface area (Å²) in [6, 6.07) is 10.4. The Hall–Kier alpha value is -2.08. The highest BCUT2D eigenvalue weighted by Crippen LogP contribution is 2.19. The molecule has 2 aliphatic heterocycles. The van der Waals surface area contributed by atoms with Gasteiger partial charge >= 0.3 is 0 Å². The molecule has 0 aromatic heterocycles. The van der Waals surface area contributed by atoms with Crippen molar-refractivity contribution in [3.63, 3.8) is 0 Å². The van der Waals surface area contributed by atoms with E-state index >= 15 is 0 Å². The largest absolute Gasteiger partial charge is 0.350 e. The first-order valence-electron chi connectivity index (χ1n) is 11.5. The molecule has 166 valence electrons. The van der Waals surface area contributed by atoms with Crippen LogP contribution < -0.4 is 10.6 Å². The van der Waals surface area contributed by atoms with E-state index in [1.807, 2.05) is 26.8 Å². The van der Waals surface area contributed by atoms with Gasteiger partial charge in [0.15, 0.2) is 5.96 Å². The van der Waals surface area contributed by atoms with Crippen molar-refractivity contribution in [3.8, 4) is 0 Å². The van der Waals surface area contributed by atoms with Gasteiger partial charge in [0.25, 0.3) is 0 Å². The number of nitrogens with zero attached hydrogens (tertiary/aromatic N) is 3. The minimum Gasteiger partial charge on any atom is -0.350 e. The van der Waals surface area contributed by atoms with E-state index in [0.29, 0.717) is 12.5 Å². The third-order valence-corrected chi connectivity index (χ3v) is 5.77. The minimum absolute atomic E-state index is 0.124. The Kier molecular flexibility index (Phi) is 8.14. The molecule has 0 spiro atoms. The number of benzene rings is 1. The van der Waals surface area contributed by atoms with Crippen LogP contribution in [0.25, 0.3) is 0 Å². The van der Waals surface area contributed by atoms with Gasteiger partial charge in [0.1, 0.15) is 0 Å². The molecule has 2 N–H and O–H groups in total. The molecule has 0 radical (unpaired) electrons. The summed E-state index contributed by atoms with van der Waals surface area (Å²) in [5, 5.41) is 6.62. The number of carbonyl (C=O) groups is 1. The quantitative estimate of drug-likeness (QED) is 0.572. The molecule has 30 heavy (non-hydrogen) atoms. The lowest BCUT2D eigenvalue weighted by atomic mass is 9.97. The average molecular weight is 414 g/mol. The van der Waals surface area contributed by atoms with Crippen LogP contribution in [-0.2, 0) is 4.79 Å². The molecule has 1 aromatic carbocycles. The molecule has 0 bridgehead atoms. The maximum Gasteiger partial charge on any atom is 0.234 e. The highest BCUT2D eigenvalue weighted by Gasteiger charge is 2.23. The number of para-hydroxylation sites is 1. The minimum atomic E-state index is -0.166. The van der Waals surface area contributed by atoms with Gasteiger partial charge in [0.2, 0.25) is 5.91 Å². The summed E-state index contributed by atoms with van der Waals surface area (Å²) in [6.07, 6.45) is 6.00. The van der Waals surface area contributed by atoms with Crippen LogP contribution in [0.15, 0.2) is 35.3 Å². The second kappa shape index (κ2) is 10.8. The molecular formula is C24H39N5O. The summed E-state index contributed by atoms with van der Waals surface area (Å²) < 4.78 is 0. The Bertz CT molecular complexity index is 683. The molecule has 0 atom stereocenters. The maximum absolute atomic E-state index is 12.2. The van der Waals surface area contributed by atoms with Crippen LogP contribution in [0.4, 0.5) is 5.69 Å². The third kappa shape index (κ3) is 7.63. The first-order valence-corrected chi connectivity index (χ1v) is 11.5. The number of likely N-dealkylation sites (tertiary alicyclic amines) is 2. The molecule has 6 heteroatoms. The number of carbonyl (C=O) groups excluding carboxylic acids is 1. The van der Waals surface area contributed by atoms with Gasteiger partial charge in [-0.2, -0.15) is 0 Å². The molecule has 0 aliphatic carbocycles. The molecular weight excluding hydrogens is 374 g/mol. The predicted octanol–water partition coefficient (Wildman–Crippen LogP) is 3.57. The molecule has 3 rings (SSSR count). The van der Waals surface area contributed by atoms with E-state index in [2.05, 4.69) is 44.7 Å². The Morgan fingerprint density at radius 1 is 1.03 bits per heavy atom. The molecule has 1 amide bonds. The fourth-order valence-corrected chi connectivity index (χ4v) is 4.18. The van der Waals surface area contributed by atoms with Crippen LogP contribution in [0.1, 0.15) is 52.9 Å². The Balaban J connectivity index is 1.51. The van der Waals surface area contributed by atoms with Crippen LogP contribution in [0.5, 0.6) is 0 Å². The van der Waals surface area contributed by atoms with Crippen LogP contribution in [0.3, 0.4) is 0 Å². The second-order valence-electron chi connectivity index (χ2n) is 9.72. The van der Waals surface area contributed by atoms with E-state index in [1.54, 1.807) is 0 Å². The summed E-state index contributed by atoms with van der Waals surface area (Å²) >= 11 is 0. The molecule has 0 saturated carbocycles. The monoisotopic (exact) mass is 413 g/mol. The number of hydrogen-bond acceptors (Lipinski definition) is 3. The Morgan fingerprint density at radius 3 is 2.33 bits per heavy atom. The van der Waals surface area contributed by atoms with E-state index in [9.17, 15) is 4.79 Å². The smallest absolute Gasteiger partial charge is 0.234 e. The lowest BCUT2D eigenvalue weighted by molar-refractivity contribution is -0.124. The molecule has 0 unspecified atom stereocenters. The van der Waals surface area contributed by atoms with Gasteiger partial charge in [-0.1, -0.05) is 18.2 Å². The highest BCUT2D eigenvalue weighted by atomic mass is 16.2. The van der Waals surface area contributed by atoms with Gasteiger partial charge in [0, 0.05) is 30.9 Å². The van der Waals surface area contributed by atoms with Crippen molar-refractivity contribution in [2.75, 3.05) is 44.6 Å². The molecule has 2 aliphatic rings. The van der Waals surface area contributed by atoms with E-state index < -0.39 is 0 Å². The summed E-state index contributed by atoms with van der Waals surface area (Å²) in [5.41, 5.74) is 0.933. The number of amides is 1. The van der Waals surface area contributed by atoms with Crippen LogP contribution in [0.2, 0.25) is 0 Å².